The molecule has 3 atom stereocenters. The second-order valence-electron chi connectivity index (χ2n) is 6.57. The number of aliphatic hydroxyl groups is 1. The Morgan fingerprint density at radius 1 is 1.24 bits per heavy atom. The molecule has 1 aromatic heterocycles. The highest BCUT2D eigenvalue weighted by atomic mass is 16.4. The maximum Gasteiger partial charge on any atom is 0.307 e. The van der Waals surface area contributed by atoms with Crippen LogP contribution < -0.4 is 0 Å². The second kappa shape index (κ2) is 7.04. The molecule has 0 saturated heterocycles. The van der Waals surface area contributed by atoms with Gasteiger partial charge in [-0.05, 0) is 43.2 Å². The molecular weight excluding hydrogens is 316 g/mol. The number of aliphatic carboxylic acids is 1. The normalized spacial score (nSPS) is 25.7. The lowest BCUT2D eigenvalue weighted by Gasteiger charge is -2.37. The standard InChI is InChI=1S/C20H20N2O3/c1-14-12-21-18(22-13-14)8-10-20(25)9-7-16(19(23)24)17(11-20)15-5-3-2-4-6-15/h2-6,12-13,16-17,25H,7,9,11H2,1H3,(H,23,24)/t16-,17+,20?/m1/s1. The maximum atomic E-state index is 11.6. The summed E-state index contributed by atoms with van der Waals surface area (Å²) in [4.78, 5) is 19.9. The van der Waals surface area contributed by atoms with Crippen molar-refractivity contribution in [2.45, 2.75) is 37.7 Å². The molecule has 0 radical (unpaired) electrons. The number of rotatable bonds is 2. The van der Waals surface area contributed by atoms with E-state index in [4.69, 9.17) is 0 Å². The first-order valence-electron chi connectivity index (χ1n) is 8.29. The molecule has 1 heterocycles. The molecule has 5 nitrogen and oxygen atoms in total. The quantitative estimate of drug-likeness (QED) is 0.824. The number of carboxylic acid groups (broad SMARTS) is 1. The molecule has 0 aliphatic heterocycles. The van der Waals surface area contributed by atoms with E-state index < -0.39 is 17.5 Å². The predicted octanol–water partition coefficient (Wildman–Crippen LogP) is 2.54. The number of benzene rings is 1. The largest absolute Gasteiger partial charge is 0.481 e. The van der Waals surface area contributed by atoms with Crippen molar-refractivity contribution in [3.05, 3.63) is 59.7 Å². The van der Waals surface area contributed by atoms with Crippen molar-refractivity contribution < 1.29 is 15.0 Å². The van der Waals surface area contributed by atoms with Crippen molar-refractivity contribution in [3.63, 3.8) is 0 Å². The van der Waals surface area contributed by atoms with Gasteiger partial charge >= 0.3 is 5.97 Å². The summed E-state index contributed by atoms with van der Waals surface area (Å²) in [5, 5.41) is 20.4. The first kappa shape index (κ1) is 17.1. The van der Waals surface area contributed by atoms with Gasteiger partial charge in [0.15, 0.2) is 0 Å². The summed E-state index contributed by atoms with van der Waals surface area (Å²) in [5.41, 5.74) is 0.623. The van der Waals surface area contributed by atoms with E-state index >= 15 is 0 Å². The zero-order valence-corrected chi connectivity index (χ0v) is 14.0. The number of carbonyl (C=O) groups is 1. The lowest BCUT2D eigenvalue weighted by molar-refractivity contribution is -0.145. The summed E-state index contributed by atoms with van der Waals surface area (Å²) in [5.74, 6) is 4.45. The maximum absolute atomic E-state index is 11.6. The molecule has 3 rings (SSSR count). The zero-order chi connectivity index (χ0) is 17.9. The summed E-state index contributed by atoms with van der Waals surface area (Å²) in [7, 11) is 0. The molecule has 1 unspecified atom stereocenters. The van der Waals surface area contributed by atoms with Gasteiger partial charge in [0.1, 0.15) is 5.60 Å². The average molecular weight is 336 g/mol. The Morgan fingerprint density at radius 2 is 1.92 bits per heavy atom. The highest BCUT2D eigenvalue weighted by Gasteiger charge is 2.42. The SMILES string of the molecule is Cc1cnc(C#CC2(O)CC[C@@H](C(=O)O)[C@H](c3ccccc3)C2)nc1. The van der Waals surface area contributed by atoms with Crippen molar-refractivity contribution in [1.82, 2.24) is 9.97 Å². The van der Waals surface area contributed by atoms with Crippen LogP contribution in [-0.4, -0.2) is 31.8 Å². The average Bonchev–Trinajstić information content (AvgIpc) is 2.62. The summed E-state index contributed by atoms with van der Waals surface area (Å²) in [6.45, 7) is 1.89. The van der Waals surface area contributed by atoms with Gasteiger partial charge in [-0.3, -0.25) is 4.79 Å². The summed E-state index contributed by atoms with van der Waals surface area (Å²) in [6.07, 6.45) is 4.35. The van der Waals surface area contributed by atoms with Crippen LogP contribution in [-0.2, 0) is 4.79 Å². The van der Waals surface area contributed by atoms with Crippen molar-refractivity contribution in [2.75, 3.05) is 0 Å². The van der Waals surface area contributed by atoms with Crippen LogP contribution >= 0.6 is 0 Å². The third kappa shape index (κ3) is 4.04. The molecule has 0 bridgehead atoms. The molecule has 2 aromatic rings. The molecule has 1 aliphatic rings. The number of nitrogens with zero attached hydrogens (tertiary/aromatic N) is 2. The van der Waals surface area contributed by atoms with Crippen LogP contribution in [0.25, 0.3) is 0 Å². The Hall–Kier alpha value is -2.71. The van der Waals surface area contributed by atoms with E-state index in [1.165, 1.54) is 0 Å². The molecule has 0 amide bonds. The number of hydrogen-bond donors (Lipinski definition) is 2. The fourth-order valence-corrected chi connectivity index (χ4v) is 3.29. The van der Waals surface area contributed by atoms with Crippen LogP contribution in [0.15, 0.2) is 42.7 Å². The lowest BCUT2D eigenvalue weighted by Crippen LogP contribution is -2.39. The van der Waals surface area contributed by atoms with Gasteiger partial charge in [0, 0.05) is 18.3 Å². The lowest BCUT2D eigenvalue weighted by atomic mass is 9.69. The Kier molecular flexibility index (Phi) is 4.82. The molecule has 1 saturated carbocycles. The van der Waals surface area contributed by atoms with Crippen LogP contribution in [0, 0.1) is 24.7 Å². The van der Waals surface area contributed by atoms with Gasteiger partial charge in [-0.2, -0.15) is 0 Å². The van der Waals surface area contributed by atoms with Gasteiger partial charge in [0.25, 0.3) is 0 Å². The molecule has 1 aliphatic carbocycles. The van der Waals surface area contributed by atoms with E-state index in [1.807, 2.05) is 37.3 Å². The molecule has 0 spiro atoms. The van der Waals surface area contributed by atoms with Crippen LogP contribution in [0.1, 0.15) is 42.1 Å². The minimum atomic E-state index is -1.24. The number of aromatic nitrogens is 2. The molecule has 25 heavy (non-hydrogen) atoms. The van der Waals surface area contributed by atoms with E-state index in [1.54, 1.807) is 12.4 Å². The van der Waals surface area contributed by atoms with Crippen molar-refractivity contribution in [2.24, 2.45) is 5.92 Å². The van der Waals surface area contributed by atoms with Gasteiger partial charge < -0.3 is 10.2 Å². The minimum Gasteiger partial charge on any atom is -0.481 e. The van der Waals surface area contributed by atoms with Crippen LogP contribution in [0.4, 0.5) is 0 Å². The van der Waals surface area contributed by atoms with Gasteiger partial charge in [-0.15, -0.1) is 0 Å². The monoisotopic (exact) mass is 336 g/mol. The van der Waals surface area contributed by atoms with Gasteiger partial charge in [0.2, 0.25) is 5.82 Å². The van der Waals surface area contributed by atoms with Gasteiger partial charge in [-0.25, -0.2) is 9.97 Å². The van der Waals surface area contributed by atoms with Gasteiger partial charge in [-0.1, -0.05) is 36.3 Å². The molecule has 1 fully saturated rings. The third-order valence-corrected chi connectivity index (χ3v) is 4.65. The molecule has 2 N–H and O–H groups in total. The molecule has 1 aromatic carbocycles. The van der Waals surface area contributed by atoms with Gasteiger partial charge in [0.05, 0.1) is 5.92 Å². The van der Waals surface area contributed by atoms with E-state index in [-0.39, 0.29) is 12.3 Å². The fourth-order valence-electron chi connectivity index (χ4n) is 3.29. The van der Waals surface area contributed by atoms with E-state index in [0.717, 1.165) is 11.1 Å². The van der Waals surface area contributed by atoms with Crippen LogP contribution in [0.5, 0.6) is 0 Å². The number of carboxylic acids is 1. The Balaban J connectivity index is 1.86. The highest BCUT2D eigenvalue weighted by molar-refractivity contribution is 5.71. The van der Waals surface area contributed by atoms with Crippen LogP contribution in [0.2, 0.25) is 0 Å². The summed E-state index contributed by atoms with van der Waals surface area (Å²) < 4.78 is 0. The minimum absolute atomic E-state index is 0.273. The van der Waals surface area contributed by atoms with E-state index in [9.17, 15) is 15.0 Å². The van der Waals surface area contributed by atoms with E-state index in [0.29, 0.717) is 18.7 Å². The second-order valence-corrected chi connectivity index (χ2v) is 6.57. The Morgan fingerprint density at radius 3 is 2.56 bits per heavy atom. The zero-order valence-electron chi connectivity index (χ0n) is 14.0. The van der Waals surface area contributed by atoms with E-state index in [2.05, 4.69) is 21.8 Å². The smallest absolute Gasteiger partial charge is 0.307 e. The third-order valence-electron chi connectivity index (χ3n) is 4.65. The molecule has 128 valence electrons. The topological polar surface area (TPSA) is 83.3 Å². The Bertz CT molecular complexity index is 808. The molecule has 5 heteroatoms. The van der Waals surface area contributed by atoms with Crippen molar-refractivity contribution in [1.29, 1.82) is 0 Å². The fraction of sp³-hybridized carbons (Fsp3) is 0.350. The Labute approximate surface area is 146 Å². The first-order valence-corrected chi connectivity index (χ1v) is 8.29. The first-order chi connectivity index (χ1) is 12.0. The highest BCUT2D eigenvalue weighted by Crippen LogP contribution is 2.42. The van der Waals surface area contributed by atoms with Crippen molar-refractivity contribution in [3.8, 4) is 11.8 Å². The van der Waals surface area contributed by atoms with Crippen LogP contribution in [0.3, 0.4) is 0 Å². The number of aryl methyl sites for hydroxylation is 1. The number of hydrogen-bond acceptors (Lipinski definition) is 4. The summed E-state index contributed by atoms with van der Waals surface area (Å²) >= 11 is 0. The van der Waals surface area contributed by atoms with Crippen molar-refractivity contribution >= 4 is 5.97 Å². The molecular formula is C20H20N2O3. The predicted molar refractivity (Wildman–Crippen MR) is 92.8 cm³/mol. The summed E-state index contributed by atoms with van der Waals surface area (Å²) in [6, 6.07) is 9.47.